The number of aliphatic hydroxyl groups excluding tert-OH is 1. The third-order valence-electron chi connectivity index (χ3n) is 12.1. The summed E-state index contributed by atoms with van der Waals surface area (Å²) in [4.78, 5) is 48.4. The number of ether oxygens (including phenoxy) is 3. The molecule has 2 N–H and O–H groups in total. The largest absolute Gasteiger partial charge is 0.472 e. The Balaban J connectivity index is 4.75. The van der Waals surface area contributed by atoms with Crippen LogP contribution in [0.25, 0.3) is 0 Å². The standard InChI is InChI=1S/C60H105O11P/c1-4-7-10-13-16-19-22-25-26-27-28-29-30-33-34-37-40-43-46-49-58(62)67-53-57(71-60(64)51-48-45-42-39-36-32-24-21-18-15-12-9-6-3)55-69-72(65,66)68-54-56(52-61)70-59(63)50-47-44-41-38-35-31-23-20-17-14-11-8-5-2/h9,12,18,20-21,23,25-26,32,36,42,45,56-57,61H,4-8,10-11,13-17,19,22,24,27-31,33-35,37-41,43-44,46-55H2,1-3H3,(H,65,66)/b12-9-,21-18-,23-20-,26-25-,36-32-,45-42-. The van der Waals surface area contributed by atoms with E-state index in [0.29, 0.717) is 19.3 Å². The Morgan fingerprint density at radius 1 is 0.403 bits per heavy atom. The van der Waals surface area contributed by atoms with Crippen molar-refractivity contribution in [3.05, 3.63) is 72.9 Å². The quantitative estimate of drug-likeness (QED) is 0.0197. The topological polar surface area (TPSA) is 155 Å². The lowest BCUT2D eigenvalue weighted by molar-refractivity contribution is -0.161. The number of carbonyl (C=O) groups excluding carboxylic acids is 3. The smallest absolute Gasteiger partial charge is 0.462 e. The van der Waals surface area contributed by atoms with E-state index in [0.717, 1.165) is 83.5 Å². The molecule has 3 unspecified atom stereocenters. The van der Waals surface area contributed by atoms with Crippen molar-refractivity contribution in [1.29, 1.82) is 0 Å². The molecule has 0 radical (unpaired) electrons. The van der Waals surface area contributed by atoms with Crippen molar-refractivity contribution in [2.24, 2.45) is 0 Å². The van der Waals surface area contributed by atoms with Crippen LogP contribution >= 0.6 is 7.82 Å². The molecule has 72 heavy (non-hydrogen) atoms. The molecule has 0 saturated carbocycles. The van der Waals surface area contributed by atoms with E-state index in [1.807, 2.05) is 12.2 Å². The van der Waals surface area contributed by atoms with Gasteiger partial charge < -0.3 is 24.2 Å². The van der Waals surface area contributed by atoms with Gasteiger partial charge in [-0.2, -0.15) is 0 Å². The Morgan fingerprint density at radius 2 is 0.750 bits per heavy atom. The number of carbonyl (C=O) groups is 3. The summed E-state index contributed by atoms with van der Waals surface area (Å²) in [6, 6.07) is 0. The second-order valence-electron chi connectivity index (χ2n) is 19.1. The number of allylic oxidation sites excluding steroid dienone is 12. The van der Waals surface area contributed by atoms with E-state index in [1.54, 1.807) is 0 Å². The number of rotatable bonds is 53. The molecule has 11 nitrogen and oxygen atoms in total. The number of hydrogen-bond acceptors (Lipinski definition) is 10. The zero-order valence-corrected chi connectivity index (χ0v) is 46.8. The summed E-state index contributed by atoms with van der Waals surface area (Å²) in [6.07, 6.45) is 60.3. The van der Waals surface area contributed by atoms with Gasteiger partial charge >= 0.3 is 25.7 Å². The fourth-order valence-electron chi connectivity index (χ4n) is 7.71. The number of hydrogen-bond donors (Lipinski definition) is 2. The van der Waals surface area contributed by atoms with E-state index < -0.39 is 57.8 Å². The molecule has 0 aliphatic carbocycles. The van der Waals surface area contributed by atoms with E-state index in [9.17, 15) is 28.9 Å². The molecule has 0 aromatic rings. The van der Waals surface area contributed by atoms with E-state index in [-0.39, 0.29) is 25.9 Å². The number of esters is 3. The van der Waals surface area contributed by atoms with Crippen LogP contribution in [-0.2, 0) is 42.2 Å². The number of phosphoric acid groups is 1. The molecule has 0 saturated heterocycles. The average Bonchev–Trinajstić information content (AvgIpc) is 3.37. The van der Waals surface area contributed by atoms with Crippen molar-refractivity contribution in [3.63, 3.8) is 0 Å². The predicted octanol–water partition coefficient (Wildman–Crippen LogP) is 16.9. The molecule has 0 bridgehead atoms. The lowest BCUT2D eigenvalue weighted by Gasteiger charge is -2.21. The van der Waals surface area contributed by atoms with Gasteiger partial charge in [0.15, 0.2) is 6.10 Å². The summed E-state index contributed by atoms with van der Waals surface area (Å²) in [5, 5.41) is 9.79. The van der Waals surface area contributed by atoms with Crippen LogP contribution in [0.4, 0.5) is 0 Å². The minimum Gasteiger partial charge on any atom is -0.462 e. The fraction of sp³-hybridized carbons (Fsp3) is 0.750. The van der Waals surface area contributed by atoms with Crippen molar-refractivity contribution in [3.8, 4) is 0 Å². The van der Waals surface area contributed by atoms with Gasteiger partial charge in [0.1, 0.15) is 12.7 Å². The second-order valence-corrected chi connectivity index (χ2v) is 20.5. The molecule has 0 heterocycles. The molecule has 416 valence electrons. The van der Waals surface area contributed by atoms with Gasteiger partial charge in [-0.15, -0.1) is 0 Å². The molecule has 0 aliphatic rings. The van der Waals surface area contributed by atoms with E-state index in [4.69, 9.17) is 23.3 Å². The minimum absolute atomic E-state index is 0.0448. The van der Waals surface area contributed by atoms with Gasteiger partial charge in [0.05, 0.1) is 19.8 Å². The van der Waals surface area contributed by atoms with Crippen LogP contribution in [0.15, 0.2) is 72.9 Å². The van der Waals surface area contributed by atoms with Crippen molar-refractivity contribution < 1.29 is 52.2 Å². The lowest BCUT2D eigenvalue weighted by atomic mass is 10.1. The monoisotopic (exact) mass is 1030 g/mol. The van der Waals surface area contributed by atoms with Crippen LogP contribution < -0.4 is 0 Å². The highest BCUT2D eigenvalue weighted by molar-refractivity contribution is 7.47. The Labute approximate surface area is 439 Å². The number of unbranched alkanes of at least 4 members (excludes halogenated alkanes) is 24. The van der Waals surface area contributed by atoms with Gasteiger partial charge in [0.2, 0.25) is 0 Å². The molecular formula is C60H105O11P. The molecule has 0 aromatic heterocycles. The van der Waals surface area contributed by atoms with Gasteiger partial charge in [0.25, 0.3) is 0 Å². The first kappa shape index (κ1) is 68.9. The average molecular weight is 1030 g/mol. The normalized spacial score (nSPS) is 13.9. The SMILES string of the molecule is CC/C=C\C/C=C\C/C=C\C/C=C\CCC(=O)OC(COC(=O)CCCCCCCCCCC/C=C\CCCCCCCC)COP(=O)(O)OCC(CO)OC(=O)CCCCCCC/C=C\CCCCCC. The predicted molar refractivity (Wildman–Crippen MR) is 298 cm³/mol. The molecule has 0 amide bonds. The summed E-state index contributed by atoms with van der Waals surface area (Å²) in [5.41, 5.74) is 0. The van der Waals surface area contributed by atoms with Gasteiger partial charge in [-0.1, -0.05) is 209 Å². The van der Waals surface area contributed by atoms with E-state index >= 15 is 0 Å². The summed E-state index contributed by atoms with van der Waals surface area (Å²) < 4.78 is 39.4. The second kappa shape index (κ2) is 54.2. The van der Waals surface area contributed by atoms with Crippen LogP contribution in [0.1, 0.15) is 252 Å². The number of phosphoric ester groups is 1. The van der Waals surface area contributed by atoms with Crippen molar-refractivity contribution in [2.45, 2.75) is 264 Å². The van der Waals surface area contributed by atoms with Crippen LogP contribution in [0.5, 0.6) is 0 Å². The summed E-state index contributed by atoms with van der Waals surface area (Å²) in [5.74, 6) is -1.57. The van der Waals surface area contributed by atoms with Gasteiger partial charge in [-0.3, -0.25) is 23.4 Å². The summed E-state index contributed by atoms with van der Waals surface area (Å²) in [7, 11) is -4.77. The van der Waals surface area contributed by atoms with Gasteiger partial charge in [-0.05, 0) is 96.3 Å². The number of aliphatic hydroxyl groups is 1. The maximum atomic E-state index is 12.9. The van der Waals surface area contributed by atoms with Crippen LogP contribution in [-0.4, -0.2) is 66.5 Å². The minimum atomic E-state index is -4.77. The molecule has 0 rings (SSSR count). The zero-order chi connectivity index (χ0) is 52.7. The maximum Gasteiger partial charge on any atom is 0.472 e. The first-order chi connectivity index (χ1) is 35.2. The third-order valence-corrected chi connectivity index (χ3v) is 13.0. The van der Waals surface area contributed by atoms with Crippen LogP contribution in [0.2, 0.25) is 0 Å². The zero-order valence-electron chi connectivity index (χ0n) is 45.9. The highest BCUT2D eigenvalue weighted by atomic mass is 31.2. The van der Waals surface area contributed by atoms with Crippen molar-refractivity contribution in [2.75, 3.05) is 26.4 Å². The Kier molecular flexibility index (Phi) is 51.9. The van der Waals surface area contributed by atoms with Crippen LogP contribution in [0, 0.1) is 0 Å². The maximum absolute atomic E-state index is 12.9. The fourth-order valence-corrected chi connectivity index (χ4v) is 8.50. The Hall–Kier alpha value is -3.08. The molecule has 0 fully saturated rings. The molecule has 0 aromatic carbocycles. The molecule has 0 aliphatic heterocycles. The van der Waals surface area contributed by atoms with E-state index in [1.165, 1.54) is 109 Å². The van der Waals surface area contributed by atoms with Crippen LogP contribution in [0.3, 0.4) is 0 Å². The molecule has 3 atom stereocenters. The Bertz CT molecular complexity index is 1490. The summed E-state index contributed by atoms with van der Waals surface area (Å²) >= 11 is 0. The van der Waals surface area contributed by atoms with Gasteiger partial charge in [-0.25, -0.2) is 4.57 Å². The Morgan fingerprint density at radius 3 is 1.21 bits per heavy atom. The van der Waals surface area contributed by atoms with Crippen molar-refractivity contribution in [1.82, 2.24) is 0 Å². The van der Waals surface area contributed by atoms with E-state index in [2.05, 4.69) is 81.5 Å². The first-order valence-electron chi connectivity index (χ1n) is 28.8. The molecule has 0 spiro atoms. The highest BCUT2D eigenvalue weighted by Gasteiger charge is 2.28. The molecular weight excluding hydrogens is 928 g/mol. The van der Waals surface area contributed by atoms with Crippen molar-refractivity contribution >= 4 is 25.7 Å². The lowest BCUT2D eigenvalue weighted by Crippen LogP contribution is -2.30. The summed E-state index contributed by atoms with van der Waals surface area (Å²) in [6.45, 7) is 4.42. The first-order valence-corrected chi connectivity index (χ1v) is 30.3. The highest BCUT2D eigenvalue weighted by Crippen LogP contribution is 2.43. The molecule has 12 heteroatoms. The van der Waals surface area contributed by atoms with Gasteiger partial charge in [0, 0.05) is 19.3 Å². The third kappa shape index (κ3) is 51.8.